The normalized spacial score (nSPS) is 18.9. The van der Waals surface area contributed by atoms with Crippen LogP contribution in [0.5, 0.6) is 0 Å². The van der Waals surface area contributed by atoms with Gasteiger partial charge < -0.3 is 4.98 Å². The zero-order valence-electron chi connectivity index (χ0n) is 18.2. The molecule has 0 radical (unpaired) electrons. The highest BCUT2D eigenvalue weighted by Gasteiger charge is 2.39. The summed E-state index contributed by atoms with van der Waals surface area (Å²) in [5, 5.41) is 9.16. The molecule has 1 fully saturated rings. The van der Waals surface area contributed by atoms with Gasteiger partial charge in [-0.25, -0.2) is 0 Å². The van der Waals surface area contributed by atoms with Gasteiger partial charge in [-0.05, 0) is 36.5 Å². The first-order chi connectivity index (χ1) is 14.5. The smallest absolute Gasteiger partial charge is 0.195 e. The lowest BCUT2D eigenvalue weighted by atomic mass is 9.70. The molecule has 2 aromatic rings. The summed E-state index contributed by atoms with van der Waals surface area (Å²) in [4.78, 5) is 16.8. The molecule has 30 heavy (non-hydrogen) atoms. The van der Waals surface area contributed by atoms with E-state index in [4.69, 9.17) is 5.26 Å². The van der Waals surface area contributed by atoms with Crippen LogP contribution in [0.2, 0.25) is 0 Å². The highest BCUT2D eigenvalue weighted by atomic mass is 16.1. The van der Waals surface area contributed by atoms with E-state index >= 15 is 0 Å². The van der Waals surface area contributed by atoms with Crippen LogP contribution in [-0.2, 0) is 11.8 Å². The van der Waals surface area contributed by atoms with Gasteiger partial charge in [-0.1, -0.05) is 76.3 Å². The molecule has 0 unspecified atom stereocenters. The van der Waals surface area contributed by atoms with E-state index in [1.165, 1.54) is 37.7 Å². The summed E-state index contributed by atoms with van der Waals surface area (Å²) in [7, 11) is 0. The Hall–Kier alpha value is -2.86. The Morgan fingerprint density at radius 3 is 2.73 bits per heavy atom. The fourth-order valence-corrected chi connectivity index (χ4v) is 5.11. The van der Waals surface area contributed by atoms with Gasteiger partial charge in [0.25, 0.3) is 0 Å². The number of aromatic amines is 1. The van der Waals surface area contributed by atoms with Crippen molar-refractivity contribution in [3.05, 3.63) is 75.6 Å². The van der Waals surface area contributed by atoms with Crippen LogP contribution < -0.4 is 0 Å². The molecule has 0 spiro atoms. The summed E-state index contributed by atoms with van der Waals surface area (Å²) >= 11 is 0. The standard InChI is InChI=1S/C27H30N2O/c1-4-18(16-28)10-12-21-17-29-26-24(21)25(30)22-13-11-20(15-23(22)27(26,2)3)14-19-8-6-5-7-9-19/h4,10-13,15,17,19,29H,5-9,14H2,1-3H3/b12-10-,18-4+. The number of allylic oxidation sites excluding steroid dienone is 3. The number of H-pyrrole nitrogens is 1. The number of rotatable bonds is 4. The summed E-state index contributed by atoms with van der Waals surface area (Å²) < 4.78 is 0. The van der Waals surface area contributed by atoms with Gasteiger partial charge in [0.2, 0.25) is 0 Å². The SMILES string of the molecule is C/C=C(C#N)\C=C/c1c[nH]c2c1C(=O)c1ccc(CC3CCCCC3)cc1C2(C)C. The molecule has 1 aromatic carbocycles. The van der Waals surface area contributed by atoms with Crippen molar-refractivity contribution in [1.29, 1.82) is 5.26 Å². The minimum absolute atomic E-state index is 0.0726. The number of fused-ring (bicyclic) bond motifs is 2. The van der Waals surface area contributed by atoms with Crippen molar-refractivity contribution in [3.8, 4) is 6.07 Å². The Morgan fingerprint density at radius 2 is 2.03 bits per heavy atom. The molecule has 0 bridgehead atoms. The molecule has 1 N–H and O–H groups in total. The van der Waals surface area contributed by atoms with Crippen LogP contribution in [0.4, 0.5) is 0 Å². The van der Waals surface area contributed by atoms with E-state index in [1.54, 1.807) is 12.2 Å². The van der Waals surface area contributed by atoms with Crippen LogP contribution in [0.3, 0.4) is 0 Å². The van der Waals surface area contributed by atoms with E-state index in [2.05, 4.69) is 37.0 Å². The average Bonchev–Trinajstić information content (AvgIpc) is 3.19. The number of hydrogen-bond donors (Lipinski definition) is 1. The lowest BCUT2D eigenvalue weighted by Crippen LogP contribution is -2.30. The van der Waals surface area contributed by atoms with Gasteiger partial charge in [0, 0.05) is 34.0 Å². The maximum Gasteiger partial charge on any atom is 0.195 e. The van der Waals surface area contributed by atoms with E-state index < -0.39 is 0 Å². The van der Waals surface area contributed by atoms with Crippen molar-refractivity contribution in [1.82, 2.24) is 4.98 Å². The van der Waals surface area contributed by atoms with Gasteiger partial charge in [0.05, 0.1) is 11.6 Å². The maximum atomic E-state index is 13.4. The summed E-state index contributed by atoms with van der Waals surface area (Å²) in [5.74, 6) is 0.848. The van der Waals surface area contributed by atoms with Crippen LogP contribution in [-0.4, -0.2) is 10.8 Å². The van der Waals surface area contributed by atoms with E-state index in [0.29, 0.717) is 5.57 Å². The number of ketones is 1. The number of nitriles is 1. The first kappa shape index (κ1) is 20.4. The highest BCUT2D eigenvalue weighted by Crippen LogP contribution is 2.43. The van der Waals surface area contributed by atoms with Gasteiger partial charge >= 0.3 is 0 Å². The van der Waals surface area contributed by atoms with Crippen LogP contribution >= 0.6 is 0 Å². The molecule has 0 aliphatic heterocycles. The van der Waals surface area contributed by atoms with Crippen molar-refractivity contribution in [2.45, 2.75) is 64.7 Å². The lowest BCUT2D eigenvalue weighted by Gasteiger charge is -2.33. The van der Waals surface area contributed by atoms with Crippen molar-refractivity contribution in [2.24, 2.45) is 5.92 Å². The number of carbonyl (C=O) groups excluding carboxylic acids is 1. The van der Waals surface area contributed by atoms with Crippen LogP contribution in [0.15, 0.2) is 42.1 Å². The van der Waals surface area contributed by atoms with E-state index in [1.807, 2.05) is 25.3 Å². The first-order valence-corrected chi connectivity index (χ1v) is 11.1. The molecular weight excluding hydrogens is 368 g/mol. The zero-order valence-corrected chi connectivity index (χ0v) is 18.2. The van der Waals surface area contributed by atoms with Crippen molar-refractivity contribution in [2.75, 3.05) is 0 Å². The molecule has 0 amide bonds. The van der Waals surface area contributed by atoms with Gasteiger partial charge in [0.1, 0.15) is 0 Å². The Balaban J connectivity index is 1.70. The Morgan fingerprint density at radius 1 is 1.27 bits per heavy atom. The third kappa shape index (κ3) is 3.56. The van der Waals surface area contributed by atoms with Crippen LogP contribution in [0.25, 0.3) is 6.08 Å². The fraction of sp³-hybridized carbons (Fsp3) is 0.407. The van der Waals surface area contributed by atoms with Gasteiger partial charge in [-0.2, -0.15) is 5.26 Å². The molecule has 2 aliphatic rings. The maximum absolute atomic E-state index is 13.4. The predicted molar refractivity (Wildman–Crippen MR) is 121 cm³/mol. The molecule has 2 aliphatic carbocycles. The molecular formula is C27H30N2O. The Bertz CT molecular complexity index is 1070. The van der Waals surface area contributed by atoms with Crippen molar-refractivity contribution < 1.29 is 4.79 Å². The topological polar surface area (TPSA) is 56.6 Å². The summed E-state index contributed by atoms with van der Waals surface area (Å²) in [6.45, 7) is 6.22. The summed E-state index contributed by atoms with van der Waals surface area (Å²) in [5.41, 5.74) is 6.13. The molecule has 0 saturated heterocycles. The molecule has 0 atom stereocenters. The Labute approximate surface area is 179 Å². The number of benzene rings is 1. The quantitative estimate of drug-likeness (QED) is 0.472. The number of nitrogens with zero attached hydrogens (tertiary/aromatic N) is 1. The third-order valence-electron chi connectivity index (χ3n) is 6.90. The Kier molecular flexibility index (Phi) is 5.52. The molecule has 1 saturated carbocycles. The second-order valence-corrected chi connectivity index (χ2v) is 9.23. The minimum Gasteiger partial charge on any atom is -0.363 e. The number of carbonyl (C=O) groups is 1. The number of hydrogen-bond acceptors (Lipinski definition) is 2. The summed E-state index contributed by atoms with van der Waals surface area (Å²) in [6.07, 6.45) is 15.1. The second kappa shape index (κ2) is 8.11. The second-order valence-electron chi connectivity index (χ2n) is 9.23. The minimum atomic E-state index is -0.272. The monoisotopic (exact) mass is 398 g/mol. The van der Waals surface area contributed by atoms with Crippen LogP contribution in [0, 0.1) is 17.2 Å². The van der Waals surface area contributed by atoms with Crippen LogP contribution in [0.1, 0.15) is 91.2 Å². The van der Waals surface area contributed by atoms with Gasteiger partial charge in [-0.15, -0.1) is 0 Å². The van der Waals surface area contributed by atoms with Gasteiger partial charge in [0.15, 0.2) is 5.78 Å². The fourth-order valence-electron chi connectivity index (χ4n) is 5.11. The molecule has 154 valence electrons. The average molecular weight is 399 g/mol. The molecule has 4 rings (SSSR count). The predicted octanol–water partition coefficient (Wildman–Crippen LogP) is 6.49. The van der Waals surface area contributed by atoms with E-state index in [0.717, 1.165) is 40.3 Å². The summed E-state index contributed by atoms with van der Waals surface area (Å²) in [6, 6.07) is 8.62. The molecule has 3 heteroatoms. The van der Waals surface area contributed by atoms with Crippen molar-refractivity contribution in [3.63, 3.8) is 0 Å². The highest BCUT2D eigenvalue weighted by molar-refractivity contribution is 6.15. The largest absolute Gasteiger partial charge is 0.363 e. The third-order valence-corrected chi connectivity index (χ3v) is 6.90. The van der Waals surface area contributed by atoms with Crippen molar-refractivity contribution >= 4 is 11.9 Å². The number of aromatic nitrogens is 1. The lowest BCUT2D eigenvalue weighted by molar-refractivity contribution is 0.103. The number of nitrogens with one attached hydrogen (secondary N) is 1. The zero-order chi connectivity index (χ0) is 21.3. The van der Waals surface area contributed by atoms with Gasteiger partial charge in [-0.3, -0.25) is 4.79 Å². The molecule has 1 heterocycles. The first-order valence-electron chi connectivity index (χ1n) is 11.1. The van der Waals surface area contributed by atoms with E-state index in [-0.39, 0.29) is 11.2 Å². The van der Waals surface area contributed by atoms with E-state index in [9.17, 15) is 4.79 Å². The molecule has 1 aromatic heterocycles. The molecule has 3 nitrogen and oxygen atoms in total.